The van der Waals surface area contributed by atoms with Gasteiger partial charge >= 0.3 is 5.97 Å². The first kappa shape index (κ1) is 27.9. The second-order valence-corrected chi connectivity index (χ2v) is 8.53. The van der Waals surface area contributed by atoms with E-state index < -0.39 is 47.9 Å². The summed E-state index contributed by atoms with van der Waals surface area (Å²) in [5, 5.41) is 14.7. The molecule has 194 valence electrons. The molecule has 1 aliphatic heterocycles. The van der Waals surface area contributed by atoms with Gasteiger partial charge in [0.1, 0.15) is 18.1 Å². The topological polar surface area (TPSA) is 235 Å². The number of thiol groups is 1. The number of carboxylic acid groups (broad SMARTS) is 1. The number of hydrogen-bond donors (Lipinski definition) is 8. The predicted octanol–water partition coefficient (Wildman–Crippen LogP) is -2.69. The summed E-state index contributed by atoms with van der Waals surface area (Å²) >= 11 is 4.04. The molecule has 1 fully saturated rings. The van der Waals surface area contributed by atoms with Crippen LogP contribution in [0.3, 0.4) is 0 Å². The maximum absolute atomic E-state index is 13.1. The molecule has 15 heteroatoms. The summed E-state index contributed by atoms with van der Waals surface area (Å²) in [5.41, 5.74) is 17.0. The Morgan fingerprint density at radius 1 is 1.29 bits per heavy atom. The molecule has 0 spiro atoms. The summed E-state index contributed by atoms with van der Waals surface area (Å²) in [6.07, 6.45) is 4.33. The molecule has 0 radical (unpaired) electrons. The van der Waals surface area contributed by atoms with Gasteiger partial charge in [-0.1, -0.05) is 0 Å². The monoisotopic (exact) mass is 511 g/mol. The number of nitrogens with one attached hydrogen (secondary N) is 3. The molecule has 0 aromatic carbocycles. The Bertz CT molecular complexity index is 907. The predicted molar refractivity (Wildman–Crippen MR) is 130 cm³/mol. The van der Waals surface area contributed by atoms with Crippen molar-refractivity contribution < 1.29 is 24.3 Å². The number of rotatable bonds is 13. The van der Waals surface area contributed by atoms with Crippen molar-refractivity contribution in [2.45, 2.75) is 56.3 Å². The summed E-state index contributed by atoms with van der Waals surface area (Å²) in [7, 11) is 0. The van der Waals surface area contributed by atoms with Crippen molar-refractivity contribution in [3.05, 3.63) is 18.2 Å². The SMILES string of the molecule is NC(N)=NCCCC(NC(=O)C1CCCN1C(=O)C(N)CS)C(=O)NC(Cc1cnc[nH]1)C(=O)O. The van der Waals surface area contributed by atoms with Crippen molar-refractivity contribution in [2.75, 3.05) is 18.8 Å². The van der Waals surface area contributed by atoms with E-state index in [1.165, 1.54) is 17.4 Å². The number of imidazole rings is 1. The zero-order chi connectivity index (χ0) is 26.0. The van der Waals surface area contributed by atoms with Gasteiger partial charge < -0.3 is 42.8 Å². The number of carboxylic acids is 1. The Labute approximate surface area is 207 Å². The molecule has 4 atom stereocenters. The fraction of sp³-hybridized carbons (Fsp3) is 0.600. The number of aliphatic carboxylic acids is 1. The van der Waals surface area contributed by atoms with Crippen molar-refractivity contribution in [3.63, 3.8) is 0 Å². The van der Waals surface area contributed by atoms with E-state index in [1.807, 2.05) is 0 Å². The molecule has 35 heavy (non-hydrogen) atoms. The molecule has 4 unspecified atom stereocenters. The molecular formula is C20H33N9O5S. The number of carbonyl (C=O) groups is 4. The third-order valence-electron chi connectivity index (χ3n) is 5.52. The van der Waals surface area contributed by atoms with Gasteiger partial charge in [0.05, 0.1) is 12.4 Å². The highest BCUT2D eigenvalue weighted by Gasteiger charge is 2.37. The average molecular weight is 512 g/mol. The second-order valence-electron chi connectivity index (χ2n) is 8.17. The van der Waals surface area contributed by atoms with Crippen molar-refractivity contribution in [1.82, 2.24) is 25.5 Å². The number of aromatic amines is 1. The fourth-order valence-electron chi connectivity index (χ4n) is 3.72. The van der Waals surface area contributed by atoms with E-state index in [-0.39, 0.29) is 31.1 Å². The molecule has 10 N–H and O–H groups in total. The van der Waals surface area contributed by atoms with Crippen LogP contribution >= 0.6 is 12.6 Å². The molecule has 1 aromatic heterocycles. The Morgan fingerprint density at radius 3 is 2.63 bits per heavy atom. The third kappa shape index (κ3) is 8.43. The number of nitrogens with zero attached hydrogens (tertiary/aromatic N) is 3. The Hall–Kier alpha value is -3.33. The van der Waals surface area contributed by atoms with Gasteiger partial charge in [-0.2, -0.15) is 12.6 Å². The molecule has 1 saturated heterocycles. The molecule has 0 aliphatic carbocycles. The van der Waals surface area contributed by atoms with Gasteiger partial charge in [-0.05, 0) is 25.7 Å². The van der Waals surface area contributed by atoms with Crippen molar-refractivity contribution in [1.29, 1.82) is 0 Å². The lowest BCUT2D eigenvalue weighted by molar-refractivity contribution is -0.143. The molecule has 14 nitrogen and oxygen atoms in total. The van der Waals surface area contributed by atoms with E-state index in [9.17, 15) is 24.3 Å². The Balaban J connectivity index is 2.12. The van der Waals surface area contributed by atoms with Gasteiger partial charge in [0.2, 0.25) is 17.7 Å². The summed E-state index contributed by atoms with van der Waals surface area (Å²) in [6.45, 7) is 0.578. The molecule has 2 heterocycles. The van der Waals surface area contributed by atoms with Crippen molar-refractivity contribution in [2.24, 2.45) is 22.2 Å². The van der Waals surface area contributed by atoms with Crippen LogP contribution in [-0.2, 0) is 25.6 Å². The first-order valence-corrected chi connectivity index (χ1v) is 11.8. The van der Waals surface area contributed by atoms with Gasteiger partial charge in [-0.15, -0.1) is 0 Å². The fourth-order valence-corrected chi connectivity index (χ4v) is 3.88. The Morgan fingerprint density at radius 2 is 2.03 bits per heavy atom. The molecule has 3 amide bonds. The van der Waals surface area contributed by atoms with E-state index in [4.69, 9.17) is 17.2 Å². The molecule has 1 aromatic rings. The van der Waals surface area contributed by atoms with Gasteiger partial charge in [-0.25, -0.2) is 9.78 Å². The number of aliphatic imine (C=N–C) groups is 1. The number of aromatic nitrogens is 2. The number of nitrogens with two attached hydrogens (primary N) is 3. The average Bonchev–Trinajstić information content (AvgIpc) is 3.51. The van der Waals surface area contributed by atoms with E-state index >= 15 is 0 Å². The highest BCUT2D eigenvalue weighted by atomic mass is 32.1. The number of hydrogen-bond acceptors (Lipinski definition) is 8. The minimum atomic E-state index is -1.25. The lowest BCUT2D eigenvalue weighted by Gasteiger charge is -2.28. The summed E-state index contributed by atoms with van der Waals surface area (Å²) in [5.74, 6) is -2.82. The van der Waals surface area contributed by atoms with Gasteiger partial charge in [0.25, 0.3) is 0 Å². The van der Waals surface area contributed by atoms with Crippen LogP contribution in [0.1, 0.15) is 31.4 Å². The normalized spacial score (nSPS) is 17.8. The summed E-state index contributed by atoms with van der Waals surface area (Å²) in [4.78, 5) is 62.2. The van der Waals surface area contributed by atoms with E-state index in [0.717, 1.165) is 0 Å². The number of guanidine groups is 1. The highest BCUT2D eigenvalue weighted by molar-refractivity contribution is 7.80. The van der Waals surface area contributed by atoms with Gasteiger partial charge in [0.15, 0.2) is 5.96 Å². The van der Waals surface area contributed by atoms with Crippen LogP contribution in [0.25, 0.3) is 0 Å². The molecular weight excluding hydrogens is 478 g/mol. The van der Waals surface area contributed by atoms with Crippen LogP contribution < -0.4 is 27.8 Å². The van der Waals surface area contributed by atoms with Crippen LogP contribution in [-0.4, -0.2) is 92.6 Å². The number of amides is 3. The summed E-state index contributed by atoms with van der Waals surface area (Å²) in [6, 6.07) is -3.96. The van der Waals surface area contributed by atoms with E-state index in [2.05, 4.69) is 38.2 Å². The van der Waals surface area contributed by atoms with Gasteiger partial charge in [0, 0.05) is 37.2 Å². The van der Waals surface area contributed by atoms with E-state index in [0.29, 0.717) is 31.5 Å². The maximum atomic E-state index is 13.1. The number of likely N-dealkylation sites (tertiary alicyclic amines) is 1. The second kappa shape index (κ2) is 13.5. The van der Waals surface area contributed by atoms with Crippen LogP contribution in [0.4, 0.5) is 0 Å². The van der Waals surface area contributed by atoms with Crippen LogP contribution in [0.5, 0.6) is 0 Å². The standard InChI is InChI=1S/C20H33N9O5S/c21-12(9-35)18(32)29-6-2-4-15(29)17(31)27-13(3-1-5-25-20(22)23)16(30)28-14(19(33)34)7-11-8-24-10-26-11/h8,10,12-15,35H,1-7,9,21H2,(H,24,26)(H,27,31)(H,28,30)(H,33,34)(H4,22,23,25). The minimum Gasteiger partial charge on any atom is -0.480 e. The zero-order valence-corrected chi connectivity index (χ0v) is 20.1. The zero-order valence-electron chi connectivity index (χ0n) is 19.2. The first-order chi connectivity index (χ1) is 16.6. The lowest BCUT2D eigenvalue weighted by Crippen LogP contribution is -2.57. The van der Waals surface area contributed by atoms with E-state index in [1.54, 1.807) is 0 Å². The number of carbonyl (C=O) groups excluding carboxylic acids is 3. The van der Waals surface area contributed by atoms with Crippen molar-refractivity contribution >= 4 is 42.3 Å². The molecule has 0 bridgehead atoms. The molecule has 2 rings (SSSR count). The largest absolute Gasteiger partial charge is 0.480 e. The quantitative estimate of drug-likeness (QED) is 0.0594. The smallest absolute Gasteiger partial charge is 0.326 e. The maximum Gasteiger partial charge on any atom is 0.326 e. The Kier molecular flexibility index (Phi) is 10.8. The minimum absolute atomic E-state index is 0.0255. The molecule has 1 aliphatic rings. The molecule has 0 saturated carbocycles. The van der Waals surface area contributed by atoms with Crippen LogP contribution in [0, 0.1) is 0 Å². The van der Waals surface area contributed by atoms with Crippen LogP contribution in [0.2, 0.25) is 0 Å². The van der Waals surface area contributed by atoms with Gasteiger partial charge in [-0.3, -0.25) is 19.4 Å². The van der Waals surface area contributed by atoms with Crippen molar-refractivity contribution in [3.8, 4) is 0 Å². The lowest BCUT2D eigenvalue weighted by atomic mass is 10.1. The third-order valence-corrected chi connectivity index (χ3v) is 5.92. The highest BCUT2D eigenvalue weighted by Crippen LogP contribution is 2.19. The number of H-pyrrole nitrogens is 1. The van der Waals surface area contributed by atoms with Crippen LogP contribution in [0.15, 0.2) is 17.5 Å². The first-order valence-electron chi connectivity index (χ1n) is 11.2. The summed E-state index contributed by atoms with van der Waals surface area (Å²) < 4.78 is 0.